The summed E-state index contributed by atoms with van der Waals surface area (Å²) in [5.74, 6) is -0.941. The zero-order chi connectivity index (χ0) is 18.4. The first-order chi connectivity index (χ1) is 12.0. The molecule has 0 saturated heterocycles. The van der Waals surface area contributed by atoms with E-state index in [0.717, 1.165) is 17.7 Å². The molecule has 7 heteroatoms. The van der Waals surface area contributed by atoms with Gasteiger partial charge in [-0.05, 0) is 29.8 Å². The molecule has 0 aliphatic rings. The van der Waals surface area contributed by atoms with E-state index in [2.05, 4.69) is 6.58 Å². The summed E-state index contributed by atoms with van der Waals surface area (Å²) in [6.45, 7) is 4.06. The molecule has 2 rings (SSSR count). The van der Waals surface area contributed by atoms with Gasteiger partial charge in [0.15, 0.2) is 5.75 Å². The highest BCUT2D eigenvalue weighted by Crippen LogP contribution is 2.27. The highest BCUT2D eigenvalue weighted by molar-refractivity contribution is 5.95. The molecular formula is C18H15N3O4. The van der Waals surface area contributed by atoms with E-state index in [-0.39, 0.29) is 18.7 Å². The van der Waals surface area contributed by atoms with Gasteiger partial charge >= 0.3 is 5.69 Å². The summed E-state index contributed by atoms with van der Waals surface area (Å²) in [6, 6.07) is 12.3. The third-order valence-corrected chi connectivity index (χ3v) is 3.49. The predicted octanol–water partition coefficient (Wildman–Crippen LogP) is 3.00. The lowest BCUT2D eigenvalue weighted by atomic mass is 10.1. The van der Waals surface area contributed by atoms with Crippen LogP contribution < -0.4 is 0 Å². The van der Waals surface area contributed by atoms with Gasteiger partial charge in [-0.3, -0.25) is 14.9 Å². The largest absolute Gasteiger partial charge is 0.502 e. The Morgan fingerprint density at radius 2 is 2.12 bits per heavy atom. The maximum Gasteiger partial charge on any atom is 0.311 e. The van der Waals surface area contributed by atoms with Crippen molar-refractivity contribution in [2.45, 2.75) is 6.54 Å². The van der Waals surface area contributed by atoms with Crippen molar-refractivity contribution in [2.75, 3.05) is 6.54 Å². The molecule has 0 bridgehead atoms. The number of rotatable bonds is 6. The number of aromatic hydroxyl groups is 1. The molecule has 0 fully saturated rings. The number of benzene rings is 2. The predicted molar refractivity (Wildman–Crippen MR) is 90.9 cm³/mol. The van der Waals surface area contributed by atoms with Gasteiger partial charge in [-0.25, -0.2) is 0 Å². The third kappa shape index (κ3) is 4.20. The lowest BCUT2D eigenvalue weighted by Gasteiger charge is -2.21. The molecule has 2 aromatic rings. The lowest BCUT2D eigenvalue weighted by molar-refractivity contribution is -0.385. The molecule has 0 heterocycles. The Kier molecular flexibility index (Phi) is 5.48. The van der Waals surface area contributed by atoms with E-state index in [1.165, 1.54) is 11.0 Å². The van der Waals surface area contributed by atoms with Crippen LogP contribution in [0.3, 0.4) is 0 Å². The number of nitrogens with zero attached hydrogens (tertiary/aromatic N) is 3. The minimum absolute atomic E-state index is 0.0859. The van der Waals surface area contributed by atoms with Crippen LogP contribution in [0.4, 0.5) is 5.69 Å². The molecule has 0 spiro atoms. The minimum atomic E-state index is -0.750. The van der Waals surface area contributed by atoms with Crippen LogP contribution in [0.15, 0.2) is 55.1 Å². The number of phenols is 1. The van der Waals surface area contributed by atoms with Gasteiger partial charge in [0.2, 0.25) is 0 Å². The number of hydrogen-bond acceptors (Lipinski definition) is 5. The van der Waals surface area contributed by atoms with E-state index in [4.69, 9.17) is 5.26 Å². The van der Waals surface area contributed by atoms with Crippen molar-refractivity contribution in [1.29, 1.82) is 5.26 Å². The fraction of sp³-hybridized carbons (Fsp3) is 0.111. The fourth-order valence-electron chi connectivity index (χ4n) is 2.32. The molecule has 0 aliphatic heterocycles. The summed E-state index contributed by atoms with van der Waals surface area (Å²) in [6.07, 6.45) is 1.54. The first kappa shape index (κ1) is 17.7. The van der Waals surface area contributed by atoms with Crippen LogP contribution in [0.2, 0.25) is 0 Å². The zero-order valence-electron chi connectivity index (χ0n) is 13.3. The molecule has 0 radical (unpaired) electrons. The summed E-state index contributed by atoms with van der Waals surface area (Å²) < 4.78 is 0. The van der Waals surface area contributed by atoms with Crippen molar-refractivity contribution < 1.29 is 14.8 Å². The van der Waals surface area contributed by atoms with E-state index in [1.807, 2.05) is 6.07 Å². The van der Waals surface area contributed by atoms with Gasteiger partial charge in [-0.2, -0.15) is 5.26 Å². The molecule has 0 saturated carbocycles. The van der Waals surface area contributed by atoms with Gasteiger partial charge in [0.1, 0.15) is 0 Å². The Labute approximate surface area is 144 Å². The van der Waals surface area contributed by atoms with Crippen LogP contribution in [-0.4, -0.2) is 27.4 Å². The summed E-state index contributed by atoms with van der Waals surface area (Å²) in [4.78, 5) is 24.3. The average molecular weight is 337 g/mol. The second kappa shape index (κ2) is 7.75. The van der Waals surface area contributed by atoms with Crippen molar-refractivity contribution in [3.8, 4) is 11.8 Å². The van der Waals surface area contributed by atoms with Gasteiger partial charge in [-0.15, -0.1) is 6.58 Å². The SMILES string of the molecule is C=CCN(Cc1cccc(C#N)c1)C(=O)c1ccc(O)c([N+](=O)[O-])c1. The molecule has 126 valence electrons. The summed E-state index contributed by atoms with van der Waals surface area (Å²) in [5, 5.41) is 29.4. The molecule has 1 amide bonds. The van der Waals surface area contributed by atoms with Crippen LogP contribution in [-0.2, 0) is 6.54 Å². The second-order valence-electron chi connectivity index (χ2n) is 5.25. The number of phenolic OH excluding ortho intramolecular Hbond substituents is 1. The Balaban J connectivity index is 2.31. The van der Waals surface area contributed by atoms with Crippen molar-refractivity contribution in [3.05, 3.63) is 81.9 Å². The fourth-order valence-corrected chi connectivity index (χ4v) is 2.32. The number of carbonyl (C=O) groups is 1. The van der Waals surface area contributed by atoms with Gasteiger partial charge in [0.25, 0.3) is 5.91 Å². The third-order valence-electron chi connectivity index (χ3n) is 3.49. The van der Waals surface area contributed by atoms with Crippen LogP contribution >= 0.6 is 0 Å². The van der Waals surface area contributed by atoms with Crippen molar-refractivity contribution in [3.63, 3.8) is 0 Å². The topological polar surface area (TPSA) is 107 Å². The van der Waals surface area contributed by atoms with Gasteiger partial charge in [0, 0.05) is 24.7 Å². The highest BCUT2D eigenvalue weighted by Gasteiger charge is 2.20. The van der Waals surface area contributed by atoms with Crippen molar-refractivity contribution in [2.24, 2.45) is 0 Å². The number of carbonyl (C=O) groups excluding carboxylic acids is 1. The maximum atomic E-state index is 12.7. The van der Waals surface area contributed by atoms with Crippen LogP contribution in [0.5, 0.6) is 5.75 Å². The normalized spacial score (nSPS) is 9.88. The molecule has 25 heavy (non-hydrogen) atoms. The van der Waals surface area contributed by atoms with E-state index < -0.39 is 22.3 Å². The van der Waals surface area contributed by atoms with E-state index in [1.54, 1.807) is 30.3 Å². The Morgan fingerprint density at radius 1 is 1.36 bits per heavy atom. The summed E-state index contributed by atoms with van der Waals surface area (Å²) >= 11 is 0. The Bertz CT molecular complexity index is 871. The Morgan fingerprint density at radius 3 is 2.76 bits per heavy atom. The van der Waals surface area contributed by atoms with Crippen molar-refractivity contribution >= 4 is 11.6 Å². The average Bonchev–Trinajstić information content (AvgIpc) is 2.61. The number of amides is 1. The quantitative estimate of drug-likeness (QED) is 0.495. The molecule has 0 aromatic heterocycles. The van der Waals surface area contributed by atoms with Crippen LogP contribution in [0.1, 0.15) is 21.5 Å². The smallest absolute Gasteiger partial charge is 0.311 e. The van der Waals surface area contributed by atoms with Crippen LogP contribution in [0.25, 0.3) is 0 Å². The first-order valence-corrected chi connectivity index (χ1v) is 7.33. The zero-order valence-corrected chi connectivity index (χ0v) is 13.3. The van der Waals surface area contributed by atoms with E-state index >= 15 is 0 Å². The maximum absolute atomic E-state index is 12.7. The molecule has 0 aliphatic carbocycles. The molecule has 7 nitrogen and oxygen atoms in total. The van der Waals surface area contributed by atoms with Crippen LogP contribution in [0, 0.1) is 21.4 Å². The number of nitro groups is 1. The standard InChI is InChI=1S/C18H15N3O4/c1-2-8-20(12-14-5-3-4-13(9-14)11-19)18(23)15-6-7-17(22)16(10-15)21(24)25/h2-7,9-10,22H,1,8,12H2. The molecule has 0 unspecified atom stereocenters. The monoisotopic (exact) mass is 337 g/mol. The molecule has 0 atom stereocenters. The van der Waals surface area contributed by atoms with Gasteiger partial charge < -0.3 is 10.0 Å². The summed E-state index contributed by atoms with van der Waals surface area (Å²) in [7, 11) is 0. The first-order valence-electron chi connectivity index (χ1n) is 7.33. The molecule has 1 N–H and O–H groups in total. The van der Waals surface area contributed by atoms with Crippen molar-refractivity contribution in [1.82, 2.24) is 4.90 Å². The molecule has 2 aromatic carbocycles. The van der Waals surface area contributed by atoms with Gasteiger partial charge in [0.05, 0.1) is 16.6 Å². The molecular weight excluding hydrogens is 322 g/mol. The minimum Gasteiger partial charge on any atom is -0.502 e. The van der Waals surface area contributed by atoms with Gasteiger partial charge in [-0.1, -0.05) is 18.2 Å². The van der Waals surface area contributed by atoms with E-state index in [9.17, 15) is 20.0 Å². The van der Waals surface area contributed by atoms with E-state index in [0.29, 0.717) is 5.56 Å². The summed E-state index contributed by atoms with van der Waals surface area (Å²) in [5.41, 5.74) is 0.782. The number of nitriles is 1. The Hall–Kier alpha value is -3.66. The lowest BCUT2D eigenvalue weighted by Crippen LogP contribution is -2.30. The second-order valence-corrected chi connectivity index (χ2v) is 5.25. The number of hydrogen-bond donors (Lipinski definition) is 1. The number of nitro benzene ring substituents is 1. The highest BCUT2D eigenvalue weighted by atomic mass is 16.6.